The summed E-state index contributed by atoms with van der Waals surface area (Å²) >= 11 is 0. The third kappa shape index (κ3) is 2.85. The van der Waals surface area contributed by atoms with Crippen molar-refractivity contribution in [1.29, 1.82) is 0 Å². The van der Waals surface area contributed by atoms with E-state index in [2.05, 4.69) is 27.2 Å². The van der Waals surface area contributed by atoms with Gasteiger partial charge in [-0.3, -0.25) is 0 Å². The van der Waals surface area contributed by atoms with Crippen LogP contribution >= 0.6 is 0 Å². The number of methoxy groups -OCH3 is 1. The highest BCUT2D eigenvalue weighted by Gasteiger charge is 2.21. The minimum Gasteiger partial charge on any atom is -0.381 e. The maximum Gasteiger partial charge on any atom is 0.0648 e. The monoisotopic (exact) mass is 129 g/mol. The van der Waals surface area contributed by atoms with Gasteiger partial charge in [0.15, 0.2) is 0 Å². The molecular formula is C8H17O. The summed E-state index contributed by atoms with van der Waals surface area (Å²) in [6, 6.07) is 0. The van der Waals surface area contributed by atoms with Crippen LogP contribution in [0.4, 0.5) is 0 Å². The summed E-state index contributed by atoms with van der Waals surface area (Å²) in [7, 11) is 1.75. The standard InChI is InChI=1S/C8H17O/c1-6-7(9-5)8(2,3)4/h6-7H,1-5H3. The molecular weight excluding hydrogens is 112 g/mol. The van der Waals surface area contributed by atoms with Crippen LogP contribution in [-0.4, -0.2) is 13.2 Å². The Bertz CT molecular complexity index is 67.1. The van der Waals surface area contributed by atoms with Crippen molar-refractivity contribution < 1.29 is 4.74 Å². The van der Waals surface area contributed by atoms with E-state index in [4.69, 9.17) is 4.74 Å². The number of rotatable bonds is 2. The Morgan fingerprint density at radius 1 is 1.33 bits per heavy atom. The third-order valence-electron chi connectivity index (χ3n) is 1.41. The summed E-state index contributed by atoms with van der Waals surface area (Å²) in [5.74, 6) is 0. The molecule has 0 amide bonds. The number of hydrogen-bond donors (Lipinski definition) is 0. The molecule has 1 atom stereocenters. The summed E-state index contributed by atoms with van der Waals surface area (Å²) in [6.45, 7) is 8.53. The van der Waals surface area contributed by atoms with E-state index in [9.17, 15) is 0 Å². The topological polar surface area (TPSA) is 9.23 Å². The van der Waals surface area contributed by atoms with E-state index >= 15 is 0 Å². The third-order valence-corrected chi connectivity index (χ3v) is 1.41. The van der Waals surface area contributed by atoms with Crippen LogP contribution in [0.15, 0.2) is 0 Å². The van der Waals surface area contributed by atoms with E-state index in [1.165, 1.54) is 0 Å². The van der Waals surface area contributed by atoms with Crippen molar-refractivity contribution in [2.24, 2.45) is 5.41 Å². The summed E-state index contributed by atoms with van der Waals surface area (Å²) < 4.78 is 5.21. The van der Waals surface area contributed by atoms with E-state index in [1.54, 1.807) is 7.11 Å². The van der Waals surface area contributed by atoms with Crippen LogP contribution in [0.3, 0.4) is 0 Å². The molecule has 55 valence electrons. The number of hydrogen-bond acceptors (Lipinski definition) is 1. The Labute approximate surface area is 58.4 Å². The lowest BCUT2D eigenvalue weighted by atomic mass is 9.87. The molecule has 0 aliphatic carbocycles. The molecule has 0 spiro atoms. The normalized spacial score (nSPS) is 15.7. The average molecular weight is 129 g/mol. The fourth-order valence-corrected chi connectivity index (χ4v) is 0.990. The minimum atomic E-state index is 0.240. The largest absolute Gasteiger partial charge is 0.381 e. The Hall–Kier alpha value is -0.0400. The zero-order chi connectivity index (χ0) is 7.49. The molecule has 1 heteroatoms. The molecule has 1 nitrogen and oxygen atoms in total. The summed E-state index contributed by atoms with van der Waals surface area (Å²) in [4.78, 5) is 0. The second-order valence-corrected chi connectivity index (χ2v) is 3.36. The van der Waals surface area contributed by atoms with Gasteiger partial charge in [0.2, 0.25) is 0 Å². The van der Waals surface area contributed by atoms with Gasteiger partial charge in [-0.1, -0.05) is 27.7 Å². The van der Waals surface area contributed by atoms with Gasteiger partial charge in [0.1, 0.15) is 0 Å². The Kier molecular flexibility index (Phi) is 3.20. The molecule has 0 saturated heterocycles. The highest BCUT2D eigenvalue weighted by Crippen LogP contribution is 2.22. The zero-order valence-corrected chi connectivity index (χ0v) is 7.06. The van der Waals surface area contributed by atoms with E-state index in [0.717, 1.165) is 0 Å². The smallest absolute Gasteiger partial charge is 0.0648 e. The van der Waals surface area contributed by atoms with Crippen LogP contribution in [0, 0.1) is 11.8 Å². The summed E-state index contributed by atoms with van der Waals surface area (Å²) in [5.41, 5.74) is 0.240. The Morgan fingerprint density at radius 2 is 1.78 bits per heavy atom. The van der Waals surface area contributed by atoms with Gasteiger partial charge in [-0.05, 0) is 11.8 Å². The molecule has 0 saturated carbocycles. The maximum atomic E-state index is 5.21. The molecule has 0 aliphatic heterocycles. The molecule has 0 aliphatic rings. The first-order chi connectivity index (χ1) is 4.02. The molecule has 9 heavy (non-hydrogen) atoms. The van der Waals surface area contributed by atoms with Gasteiger partial charge >= 0.3 is 0 Å². The highest BCUT2D eigenvalue weighted by atomic mass is 16.5. The minimum absolute atomic E-state index is 0.240. The van der Waals surface area contributed by atoms with Gasteiger partial charge in [0.25, 0.3) is 0 Å². The lowest BCUT2D eigenvalue weighted by Crippen LogP contribution is -2.27. The fourth-order valence-electron chi connectivity index (χ4n) is 0.990. The quantitative estimate of drug-likeness (QED) is 0.555. The van der Waals surface area contributed by atoms with Crippen molar-refractivity contribution in [1.82, 2.24) is 0 Å². The van der Waals surface area contributed by atoms with Gasteiger partial charge in [0, 0.05) is 7.11 Å². The molecule has 0 fully saturated rings. The molecule has 0 aromatic heterocycles. The predicted octanol–water partition coefficient (Wildman–Crippen LogP) is 2.27. The molecule has 0 aromatic carbocycles. The Balaban J connectivity index is 3.79. The van der Waals surface area contributed by atoms with Crippen molar-refractivity contribution in [3.8, 4) is 0 Å². The first-order valence-corrected chi connectivity index (χ1v) is 3.34. The number of ether oxygens (including phenoxy) is 1. The van der Waals surface area contributed by atoms with Crippen LogP contribution in [0.5, 0.6) is 0 Å². The van der Waals surface area contributed by atoms with Gasteiger partial charge in [-0.15, -0.1) is 0 Å². The second-order valence-electron chi connectivity index (χ2n) is 3.36. The van der Waals surface area contributed by atoms with Crippen molar-refractivity contribution in [2.75, 3.05) is 7.11 Å². The van der Waals surface area contributed by atoms with Crippen LogP contribution in [-0.2, 0) is 4.74 Å². The fraction of sp³-hybridized carbons (Fsp3) is 0.875. The SMILES string of the molecule is C[CH]C(OC)C(C)(C)C. The lowest BCUT2D eigenvalue weighted by Gasteiger charge is -2.27. The van der Waals surface area contributed by atoms with E-state index in [1.807, 2.05) is 6.92 Å². The van der Waals surface area contributed by atoms with Crippen molar-refractivity contribution in [3.05, 3.63) is 6.42 Å². The van der Waals surface area contributed by atoms with Gasteiger partial charge in [0.05, 0.1) is 6.10 Å². The average Bonchev–Trinajstić information content (AvgIpc) is 1.65. The van der Waals surface area contributed by atoms with Gasteiger partial charge in [-0.2, -0.15) is 0 Å². The van der Waals surface area contributed by atoms with Gasteiger partial charge in [-0.25, -0.2) is 0 Å². The Morgan fingerprint density at radius 3 is 1.78 bits per heavy atom. The van der Waals surface area contributed by atoms with E-state index < -0.39 is 0 Å². The maximum absolute atomic E-state index is 5.21. The van der Waals surface area contributed by atoms with Crippen molar-refractivity contribution in [2.45, 2.75) is 33.8 Å². The molecule has 0 aromatic rings. The molecule has 0 heterocycles. The lowest BCUT2D eigenvalue weighted by molar-refractivity contribution is 0.0417. The molecule has 1 radical (unpaired) electrons. The molecule has 0 bridgehead atoms. The van der Waals surface area contributed by atoms with Crippen LogP contribution in [0.2, 0.25) is 0 Å². The van der Waals surface area contributed by atoms with E-state index in [0.29, 0.717) is 0 Å². The highest BCUT2D eigenvalue weighted by molar-refractivity contribution is 4.83. The van der Waals surface area contributed by atoms with E-state index in [-0.39, 0.29) is 11.5 Å². The first kappa shape index (κ1) is 8.96. The summed E-state index contributed by atoms with van der Waals surface area (Å²) in [6.07, 6.45) is 2.36. The van der Waals surface area contributed by atoms with Crippen LogP contribution < -0.4 is 0 Å². The first-order valence-electron chi connectivity index (χ1n) is 3.34. The van der Waals surface area contributed by atoms with Crippen molar-refractivity contribution >= 4 is 0 Å². The summed E-state index contributed by atoms with van der Waals surface area (Å²) in [5, 5.41) is 0. The van der Waals surface area contributed by atoms with Crippen LogP contribution in [0.1, 0.15) is 27.7 Å². The van der Waals surface area contributed by atoms with Gasteiger partial charge < -0.3 is 4.74 Å². The molecule has 0 rings (SSSR count). The second kappa shape index (κ2) is 3.21. The molecule has 0 N–H and O–H groups in total. The zero-order valence-electron chi connectivity index (χ0n) is 7.06. The predicted molar refractivity (Wildman–Crippen MR) is 40.2 cm³/mol. The van der Waals surface area contributed by atoms with Crippen LogP contribution in [0.25, 0.3) is 0 Å². The molecule has 1 unspecified atom stereocenters. The van der Waals surface area contributed by atoms with Crippen molar-refractivity contribution in [3.63, 3.8) is 0 Å².